The van der Waals surface area contributed by atoms with E-state index < -0.39 is 11.9 Å². The van der Waals surface area contributed by atoms with Crippen molar-refractivity contribution in [2.75, 3.05) is 0 Å². The van der Waals surface area contributed by atoms with E-state index in [2.05, 4.69) is 0 Å². The quantitative estimate of drug-likeness (QED) is 0.694. The Bertz CT molecular complexity index is 870. The summed E-state index contributed by atoms with van der Waals surface area (Å²) in [6, 6.07) is 24.7. The molecule has 3 aromatic carbocycles. The third-order valence-electron chi connectivity index (χ3n) is 4.09. The summed E-state index contributed by atoms with van der Waals surface area (Å²) < 4.78 is 0. The van der Waals surface area contributed by atoms with Crippen molar-refractivity contribution < 1.29 is 14.7 Å². The number of benzene rings is 3. The van der Waals surface area contributed by atoms with Crippen LogP contribution < -0.4 is 0 Å². The van der Waals surface area contributed by atoms with Gasteiger partial charge in [-0.05, 0) is 11.1 Å². The zero-order valence-electron chi connectivity index (χ0n) is 13.6. The van der Waals surface area contributed by atoms with Crippen molar-refractivity contribution in [2.24, 2.45) is 0 Å². The van der Waals surface area contributed by atoms with Gasteiger partial charge in [0.1, 0.15) is 6.10 Å². The Hall–Kier alpha value is -3.04. The molecule has 1 unspecified atom stereocenters. The molecule has 0 aliphatic heterocycles. The molecule has 3 heteroatoms. The Balaban J connectivity index is 1.86. The first kappa shape index (κ1) is 16.8. The van der Waals surface area contributed by atoms with Crippen LogP contribution in [0.5, 0.6) is 0 Å². The molecule has 25 heavy (non-hydrogen) atoms. The van der Waals surface area contributed by atoms with Gasteiger partial charge < -0.3 is 5.11 Å². The van der Waals surface area contributed by atoms with E-state index in [9.17, 15) is 14.7 Å². The highest BCUT2D eigenvalue weighted by atomic mass is 16.3. The molecule has 0 heterocycles. The fourth-order valence-electron chi connectivity index (χ4n) is 2.75. The molecule has 0 saturated carbocycles. The Kier molecular flexibility index (Phi) is 5.17. The van der Waals surface area contributed by atoms with E-state index in [4.69, 9.17) is 0 Å². The Labute approximate surface area is 146 Å². The number of carbonyl (C=O) groups excluding carboxylic acids is 2. The summed E-state index contributed by atoms with van der Waals surface area (Å²) in [4.78, 5) is 25.2. The van der Waals surface area contributed by atoms with Gasteiger partial charge in [-0.3, -0.25) is 9.59 Å². The number of carbonyl (C=O) groups is 2. The number of hydrogen-bond acceptors (Lipinski definition) is 3. The SMILES string of the molecule is O=C(Cc1ccccc1C(=O)C(O)c1ccccc1)c1ccccc1. The third-order valence-corrected chi connectivity index (χ3v) is 4.09. The molecule has 0 amide bonds. The normalized spacial score (nSPS) is 11.7. The largest absolute Gasteiger partial charge is 0.380 e. The zero-order valence-corrected chi connectivity index (χ0v) is 13.6. The smallest absolute Gasteiger partial charge is 0.196 e. The van der Waals surface area contributed by atoms with Crippen molar-refractivity contribution in [3.05, 3.63) is 107 Å². The van der Waals surface area contributed by atoms with Crippen LogP contribution in [-0.2, 0) is 6.42 Å². The minimum Gasteiger partial charge on any atom is -0.380 e. The Morgan fingerprint density at radius 3 is 2.00 bits per heavy atom. The predicted molar refractivity (Wildman–Crippen MR) is 96.7 cm³/mol. The molecular weight excluding hydrogens is 312 g/mol. The highest BCUT2D eigenvalue weighted by Crippen LogP contribution is 2.21. The fraction of sp³-hybridized carbons (Fsp3) is 0.0909. The van der Waals surface area contributed by atoms with Gasteiger partial charge in [0.05, 0.1) is 0 Å². The van der Waals surface area contributed by atoms with Gasteiger partial charge in [-0.25, -0.2) is 0 Å². The van der Waals surface area contributed by atoms with E-state index >= 15 is 0 Å². The predicted octanol–water partition coefficient (Wildman–Crippen LogP) is 4.03. The van der Waals surface area contributed by atoms with Crippen LogP contribution in [0.4, 0.5) is 0 Å². The first-order chi connectivity index (χ1) is 12.2. The lowest BCUT2D eigenvalue weighted by molar-refractivity contribution is 0.0746. The maximum atomic E-state index is 12.7. The van der Waals surface area contributed by atoms with Crippen molar-refractivity contribution in [3.8, 4) is 0 Å². The molecule has 0 saturated heterocycles. The van der Waals surface area contributed by atoms with Gasteiger partial charge in [0.15, 0.2) is 11.6 Å². The Morgan fingerprint density at radius 2 is 1.32 bits per heavy atom. The summed E-state index contributed by atoms with van der Waals surface area (Å²) in [5.41, 5.74) is 2.14. The molecule has 0 bridgehead atoms. The molecule has 1 atom stereocenters. The number of aliphatic hydroxyl groups is 1. The molecule has 0 spiro atoms. The van der Waals surface area contributed by atoms with Gasteiger partial charge in [0.2, 0.25) is 0 Å². The van der Waals surface area contributed by atoms with Crippen LogP contribution in [0.3, 0.4) is 0 Å². The van der Waals surface area contributed by atoms with Crippen molar-refractivity contribution in [1.29, 1.82) is 0 Å². The van der Waals surface area contributed by atoms with Crippen molar-refractivity contribution in [3.63, 3.8) is 0 Å². The van der Waals surface area contributed by atoms with Crippen molar-refractivity contribution in [1.82, 2.24) is 0 Å². The topological polar surface area (TPSA) is 54.4 Å². The van der Waals surface area contributed by atoms with Gasteiger partial charge in [-0.1, -0.05) is 84.9 Å². The highest BCUT2D eigenvalue weighted by molar-refractivity contribution is 6.04. The first-order valence-corrected chi connectivity index (χ1v) is 8.10. The minimum atomic E-state index is -1.24. The molecule has 124 valence electrons. The summed E-state index contributed by atoms with van der Waals surface area (Å²) in [5.74, 6) is -0.460. The van der Waals surface area contributed by atoms with E-state index in [1.165, 1.54) is 0 Å². The second kappa shape index (κ2) is 7.69. The summed E-state index contributed by atoms with van der Waals surface area (Å²) in [6.45, 7) is 0. The van der Waals surface area contributed by atoms with E-state index in [0.717, 1.165) is 0 Å². The van der Waals surface area contributed by atoms with Gasteiger partial charge in [-0.15, -0.1) is 0 Å². The van der Waals surface area contributed by atoms with Crippen LogP contribution >= 0.6 is 0 Å². The van der Waals surface area contributed by atoms with Crippen LogP contribution in [-0.4, -0.2) is 16.7 Å². The van der Waals surface area contributed by atoms with Crippen LogP contribution in [0.25, 0.3) is 0 Å². The molecule has 1 N–H and O–H groups in total. The minimum absolute atomic E-state index is 0.0601. The van der Waals surface area contributed by atoms with Gasteiger partial charge in [0, 0.05) is 17.5 Å². The fourth-order valence-corrected chi connectivity index (χ4v) is 2.75. The summed E-state index contributed by atoms with van der Waals surface area (Å²) in [6.07, 6.45) is -1.12. The molecular formula is C22H18O3. The van der Waals surface area contributed by atoms with Gasteiger partial charge in [-0.2, -0.15) is 0 Å². The number of Topliss-reactive ketones (excluding diaryl/α,β-unsaturated/α-hetero) is 2. The van der Waals surface area contributed by atoms with Gasteiger partial charge in [0.25, 0.3) is 0 Å². The lowest BCUT2D eigenvalue weighted by Crippen LogP contribution is -2.16. The monoisotopic (exact) mass is 330 g/mol. The summed E-state index contributed by atoms with van der Waals surface area (Å²) in [7, 11) is 0. The number of ketones is 2. The molecule has 3 nitrogen and oxygen atoms in total. The van der Waals surface area contributed by atoms with Crippen molar-refractivity contribution in [2.45, 2.75) is 12.5 Å². The van der Waals surface area contributed by atoms with E-state index in [1.807, 2.05) is 24.3 Å². The molecule has 0 aliphatic carbocycles. The summed E-state index contributed by atoms with van der Waals surface area (Å²) in [5, 5.41) is 10.4. The molecule has 0 fully saturated rings. The van der Waals surface area contributed by atoms with Gasteiger partial charge >= 0.3 is 0 Å². The molecule has 3 rings (SSSR count). The van der Waals surface area contributed by atoms with Crippen LogP contribution in [0, 0.1) is 0 Å². The third kappa shape index (κ3) is 3.90. The van der Waals surface area contributed by atoms with Crippen molar-refractivity contribution >= 4 is 11.6 Å². The number of rotatable bonds is 6. The second-order valence-electron chi connectivity index (χ2n) is 5.80. The molecule has 3 aromatic rings. The maximum Gasteiger partial charge on any atom is 0.196 e. The van der Waals surface area contributed by atoms with Crippen LogP contribution in [0.2, 0.25) is 0 Å². The average Bonchev–Trinajstić information content (AvgIpc) is 2.68. The lowest BCUT2D eigenvalue weighted by atomic mass is 9.93. The average molecular weight is 330 g/mol. The van der Waals surface area contributed by atoms with E-state index in [0.29, 0.717) is 22.3 Å². The highest BCUT2D eigenvalue weighted by Gasteiger charge is 2.22. The first-order valence-electron chi connectivity index (χ1n) is 8.10. The second-order valence-corrected chi connectivity index (χ2v) is 5.80. The molecule has 0 radical (unpaired) electrons. The van der Waals surface area contributed by atoms with Crippen LogP contribution in [0.1, 0.15) is 37.9 Å². The maximum absolute atomic E-state index is 12.7. The standard InChI is InChI=1S/C22H18O3/c23-20(16-9-3-1-4-10-16)15-18-13-7-8-14-19(18)22(25)21(24)17-11-5-2-6-12-17/h1-14,21,24H,15H2. The number of aliphatic hydroxyl groups excluding tert-OH is 1. The molecule has 0 aliphatic rings. The van der Waals surface area contributed by atoms with E-state index in [1.54, 1.807) is 60.7 Å². The summed E-state index contributed by atoms with van der Waals surface area (Å²) >= 11 is 0. The van der Waals surface area contributed by atoms with E-state index in [-0.39, 0.29) is 12.2 Å². The Morgan fingerprint density at radius 1 is 0.760 bits per heavy atom. The van der Waals surface area contributed by atoms with Crippen LogP contribution in [0.15, 0.2) is 84.9 Å². The number of hydrogen-bond donors (Lipinski definition) is 1. The lowest BCUT2D eigenvalue weighted by Gasteiger charge is -2.13. The zero-order chi connectivity index (χ0) is 17.6. The molecule has 0 aromatic heterocycles.